The molecular formula is C17H23N3O. The Morgan fingerprint density at radius 2 is 2.10 bits per heavy atom. The highest BCUT2D eigenvalue weighted by molar-refractivity contribution is 5.29. The summed E-state index contributed by atoms with van der Waals surface area (Å²) in [5.41, 5.74) is 2.31. The van der Waals surface area contributed by atoms with Crippen LogP contribution in [0.15, 0.2) is 36.5 Å². The molecule has 1 aromatic carbocycles. The van der Waals surface area contributed by atoms with E-state index in [0.717, 1.165) is 18.0 Å². The Balaban J connectivity index is 1.57. The zero-order valence-corrected chi connectivity index (χ0v) is 12.7. The average Bonchev–Trinajstić information content (AvgIpc) is 3.17. The first-order valence-corrected chi connectivity index (χ1v) is 7.72. The second kappa shape index (κ2) is 6.31. The summed E-state index contributed by atoms with van der Waals surface area (Å²) in [5.74, 6) is 0.899. The molecule has 1 aromatic heterocycles. The highest BCUT2D eigenvalue weighted by Crippen LogP contribution is 2.25. The molecule has 0 radical (unpaired) electrons. The Hall–Kier alpha value is -1.81. The smallest absolute Gasteiger partial charge is 0.132 e. The van der Waals surface area contributed by atoms with Crippen LogP contribution in [0.3, 0.4) is 0 Å². The van der Waals surface area contributed by atoms with Crippen molar-refractivity contribution in [2.75, 3.05) is 6.54 Å². The van der Waals surface area contributed by atoms with Crippen LogP contribution in [-0.4, -0.2) is 16.3 Å². The molecule has 1 fully saturated rings. The number of hydrogen-bond donors (Lipinski definition) is 1. The molecule has 0 saturated carbocycles. The molecule has 0 bridgehead atoms. The number of rotatable bonds is 5. The normalized spacial score (nSPS) is 18.3. The van der Waals surface area contributed by atoms with Gasteiger partial charge in [0.25, 0.3) is 0 Å². The summed E-state index contributed by atoms with van der Waals surface area (Å²) in [5, 5.41) is 8.00. The molecule has 21 heavy (non-hydrogen) atoms. The van der Waals surface area contributed by atoms with Gasteiger partial charge in [-0.25, -0.2) is 0 Å². The van der Waals surface area contributed by atoms with E-state index >= 15 is 0 Å². The quantitative estimate of drug-likeness (QED) is 0.914. The van der Waals surface area contributed by atoms with E-state index in [1.54, 1.807) is 0 Å². The van der Waals surface area contributed by atoms with Crippen LogP contribution in [0.1, 0.15) is 50.0 Å². The molecule has 0 aliphatic carbocycles. The van der Waals surface area contributed by atoms with Gasteiger partial charge in [0.1, 0.15) is 12.4 Å². The molecule has 1 aliphatic rings. The molecule has 4 heteroatoms. The molecule has 0 amide bonds. The summed E-state index contributed by atoms with van der Waals surface area (Å²) >= 11 is 0. The number of benzene rings is 1. The minimum Gasteiger partial charge on any atom is -0.487 e. The number of aromatic nitrogens is 2. The fourth-order valence-electron chi connectivity index (χ4n) is 2.66. The molecule has 2 heterocycles. The molecule has 0 spiro atoms. The van der Waals surface area contributed by atoms with E-state index in [1.165, 1.54) is 18.4 Å². The number of ether oxygens (including phenoxy) is 1. The highest BCUT2D eigenvalue weighted by Gasteiger charge is 2.15. The predicted octanol–water partition coefficient (Wildman–Crippen LogP) is 3.47. The van der Waals surface area contributed by atoms with Gasteiger partial charge in [0.05, 0.1) is 5.69 Å². The van der Waals surface area contributed by atoms with Crippen molar-refractivity contribution in [2.24, 2.45) is 0 Å². The second-order valence-electron chi connectivity index (χ2n) is 5.89. The van der Waals surface area contributed by atoms with Crippen molar-refractivity contribution in [3.63, 3.8) is 0 Å². The first kappa shape index (κ1) is 14.1. The van der Waals surface area contributed by atoms with Crippen molar-refractivity contribution in [3.8, 4) is 5.75 Å². The molecule has 4 nitrogen and oxygen atoms in total. The Morgan fingerprint density at radius 1 is 1.29 bits per heavy atom. The minimum absolute atomic E-state index is 0.386. The largest absolute Gasteiger partial charge is 0.487 e. The Labute approximate surface area is 126 Å². The third kappa shape index (κ3) is 3.45. The van der Waals surface area contributed by atoms with Crippen molar-refractivity contribution in [3.05, 3.63) is 47.8 Å². The molecule has 2 aromatic rings. The van der Waals surface area contributed by atoms with Crippen LogP contribution in [0.2, 0.25) is 0 Å². The van der Waals surface area contributed by atoms with Gasteiger partial charge in [0, 0.05) is 18.3 Å². The van der Waals surface area contributed by atoms with E-state index < -0.39 is 0 Å². The van der Waals surface area contributed by atoms with Gasteiger partial charge in [0.15, 0.2) is 0 Å². The Kier molecular flexibility index (Phi) is 4.25. The number of nitrogens with zero attached hydrogens (tertiary/aromatic N) is 2. The standard InChI is InChI=1S/C17H23N3O/c1-13(2)20-11-9-15(19-20)12-21-16-7-5-14(6-8-16)17-4-3-10-18-17/h5-9,11,13,17-18H,3-4,10,12H2,1-2H3. The third-order valence-electron chi connectivity index (χ3n) is 3.92. The Bertz CT molecular complexity index is 568. The monoisotopic (exact) mass is 285 g/mol. The molecule has 3 rings (SSSR count). The molecule has 1 aliphatic heterocycles. The van der Waals surface area contributed by atoms with Crippen molar-refractivity contribution >= 4 is 0 Å². The van der Waals surface area contributed by atoms with E-state index in [9.17, 15) is 0 Å². The maximum atomic E-state index is 5.81. The number of nitrogens with one attached hydrogen (secondary N) is 1. The summed E-state index contributed by atoms with van der Waals surface area (Å²) in [6.07, 6.45) is 4.49. The maximum Gasteiger partial charge on any atom is 0.132 e. The Morgan fingerprint density at radius 3 is 2.71 bits per heavy atom. The number of hydrogen-bond acceptors (Lipinski definition) is 3. The summed E-state index contributed by atoms with van der Waals surface area (Å²) in [4.78, 5) is 0. The van der Waals surface area contributed by atoms with Crippen LogP contribution >= 0.6 is 0 Å². The average molecular weight is 285 g/mol. The minimum atomic E-state index is 0.386. The topological polar surface area (TPSA) is 39.1 Å². The van der Waals surface area contributed by atoms with Crippen LogP contribution in [0.4, 0.5) is 0 Å². The van der Waals surface area contributed by atoms with Gasteiger partial charge in [-0.05, 0) is 57.0 Å². The van der Waals surface area contributed by atoms with Gasteiger partial charge in [-0.1, -0.05) is 12.1 Å². The first-order chi connectivity index (χ1) is 10.2. The fourth-order valence-corrected chi connectivity index (χ4v) is 2.66. The van der Waals surface area contributed by atoms with Crippen LogP contribution in [0, 0.1) is 0 Å². The highest BCUT2D eigenvalue weighted by atomic mass is 16.5. The van der Waals surface area contributed by atoms with Crippen molar-refractivity contribution in [1.29, 1.82) is 0 Å². The van der Waals surface area contributed by atoms with Crippen molar-refractivity contribution in [2.45, 2.75) is 45.4 Å². The summed E-state index contributed by atoms with van der Waals surface area (Å²) < 4.78 is 7.76. The molecular weight excluding hydrogens is 262 g/mol. The summed E-state index contributed by atoms with van der Waals surface area (Å²) in [6, 6.07) is 11.3. The van der Waals surface area contributed by atoms with Crippen LogP contribution in [0.5, 0.6) is 5.75 Å². The van der Waals surface area contributed by atoms with E-state index in [-0.39, 0.29) is 0 Å². The van der Waals surface area contributed by atoms with Crippen molar-refractivity contribution < 1.29 is 4.74 Å². The van der Waals surface area contributed by atoms with Crippen LogP contribution in [0.25, 0.3) is 0 Å². The van der Waals surface area contributed by atoms with Gasteiger partial charge in [-0.2, -0.15) is 5.10 Å². The zero-order chi connectivity index (χ0) is 14.7. The van der Waals surface area contributed by atoms with Crippen LogP contribution < -0.4 is 10.1 Å². The van der Waals surface area contributed by atoms with Gasteiger partial charge >= 0.3 is 0 Å². The summed E-state index contributed by atoms with van der Waals surface area (Å²) in [7, 11) is 0. The lowest BCUT2D eigenvalue weighted by Gasteiger charge is -2.11. The molecule has 1 atom stereocenters. The maximum absolute atomic E-state index is 5.81. The summed E-state index contributed by atoms with van der Waals surface area (Å²) in [6.45, 7) is 5.88. The zero-order valence-electron chi connectivity index (χ0n) is 12.7. The van der Waals surface area contributed by atoms with Crippen molar-refractivity contribution in [1.82, 2.24) is 15.1 Å². The van der Waals surface area contributed by atoms with Gasteiger partial charge < -0.3 is 10.1 Å². The first-order valence-electron chi connectivity index (χ1n) is 7.72. The van der Waals surface area contributed by atoms with E-state index in [1.807, 2.05) is 16.9 Å². The molecule has 112 valence electrons. The van der Waals surface area contributed by atoms with Gasteiger partial charge in [-0.15, -0.1) is 0 Å². The lowest BCUT2D eigenvalue weighted by Crippen LogP contribution is -2.12. The molecule has 1 unspecified atom stereocenters. The van der Waals surface area contributed by atoms with Gasteiger partial charge in [-0.3, -0.25) is 4.68 Å². The SMILES string of the molecule is CC(C)n1ccc(COc2ccc(C3CCCN3)cc2)n1. The third-order valence-corrected chi connectivity index (χ3v) is 3.92. The van der Waals surface area contributed by atoms with E-state index in [0.29, 0.717) is 18.7 Å². The van der Waals surface area contributed by atoms with E-state index in [2.05, 4.69) is 48.5 Å². The van der Waals surface area contributed by atoms with Crippen LogP contribution in [-0.2, 0) is 6.61 Å². The van der Waals surface area contributed by atoms with Gasteiger partial charge in [0.2, 0.25) is 0 Å². The van der Waals surface area contributed by atoms with E-state index in [4.69, 9.17) is 4.74 Å². The lowest BCUT2D eigenvalue weighted by atomic mass is 10.1. The predicted molar refractivity (Wildman–Crippen MR) is 83.4 cm³/mol. The molecule has 1 saturated heterocycles. The lowest BCUT2D eigenvalue weighted by molar-refractivity contribution is 0.298. The molecule has 1 N–H and O–H groups in total. The second-order valence-corrected chi connectivity index (χ2v) is 5.89. The fraction of sp³-hybridized carbons (Fsp3) is 0.471.